The van der Waals surface area contributed by atoms with Crippen LogP contribution in [0, 0.1) is 23.7 Å². The number of hydrogen-bond donors (Lipinski definition) is 0. The van der Waals surface area contributed by atoms with Crippen molar-refractivity contribution < 1.29 is 19.1 Å². The van der Waals surface area contributed by atoms with Gasteiger partial charge in [-0.15, -0.1) is 0 Å². The molecule has 4 heteroatoms. The second kappa shape index (κ2) is 10.2. The average molecular weight is 444 g/mol. The van der Waals surface area contributed by atoms with Gasteiger partial charge in [-0.2, -0.15) is 0 Å². The number of fused-ring (bicyclic) bond motifs is 1. The van der Waals surface area contributed by atoms with E-state index in [1.807, 2.05) is 36.4 Å². The number of hydrogen-bond acceptors (Lipinski definition) is 4. The third-order valence-electron chi connectivity index (χ3n) is 5.20. The van der Waals surface area contributed by atoms with Crippen LogP contribution < -0.4 is 0 Å². The largest absolute Gasteiger partial charge is 0.465 e. The third-order valence-corrected chi connectivity index (χ3v) is 5.20. The van der Waals surface area contributed by atoms with Crippen molar-refractivity contribution in [3.8, 4) is 23.7 Å². The van der Waals surface area contributed by atoms with Gasteiger partial charge in [0.1, 0.15) is 0 Å². The Hall–Kier alpha value is -4.80. The lowest BCUT2D eigenvalue weighted by Gasteiger charge is -2.04. The first-order valence-electron chi connectivity index (χ1n) is 10.5. The van der Waals surface area contributed by atoms with Gasteiger partial charge >= 0.3 is 11.9 Å². The molecule has 0 saturated carbocycles. The van der Waals surface area contributed by atoms with Crippen LogP contribution in [-0.4, -0.2) is 26.2 Å². The summed E-state index contributed by atoms with van der Waals surface area (Å²) in [6, 6.07) is 25.9. The second-order valence-corrected chi connectivity index (χ2v) is 7.35. The zero-order valence-electron chi connectivity index (χ0n) is 18.7. The van der Waals surface area contributed by atoms with Gasteiger partial charge in [0.25, 0.3) is 0 Å². The van der Waals surface area contributed by atoms with Crippen LogP contribution in [0.4, 0.5) is 0 Å². The molecule has 4 aromatic carbocycles. The molecule has 4 aromatic rings. The Labute approximate surface area is 198 Å². The Bertz CT molecular complexity index is 1380. The number of esters is 2. The van der Waals surface area contributed by atoms with Gasteiger partial charge in [-0.3, -0.25) is 0 Å². The van der Waals surface area contributed by atoms with Gasteiger partial charge in [-0.25, -0.2) is 9.59 Å². The maximum absolute atomic E-state index is 11.6. The van der Waals surface area contributed by atoms with E-state index in [0.29, 0.717) is 11.1 Å². The smallest absolute Gasteiger partial charge is 0.337 e. The van der Waals surface area contributed by atoms with Crippen LogP contribution in [-0.2, 0) is 9.47 Å². The molecule has 0 spiro atoms. The topological polar surface area (TPSA) is 52.6 Å². The summed E-state index contributed by atoms with van der Waals surface area (Å²) in [6.45, 7) is 0. The summed E-state index contributed by atoms with van der Waals surface area (Å²) >= 11 is 0. The van der Waals surface area contributed by atoms with Gasteiger partial charge in [-0.1, -0.05) is 47.9 Å². The molecular formula is C30H20O4. The first-order chi connectivity index (χ1) is 16.6. The van der Waals surface area contributed by atoms with Crippen molar-refractivity contribution in [1.82, 2.24) is 0 Å². The monoisotopic (exact) mass is 444 g/mol. The molecule has 0 saturated heterocycles. The first-order valence-corrected chi connectivity index (χ1v) is 10.5. The van der Waals surface area contributed by atoms with Gasteiger partial charge in [0.15, 0.2) is 0 Å². The number of carbonyl (C=O) groups is 2. The second-order valence-electron chi connectivity index (χ2n) is 7.35. The molecule has 0 aliphatic rings. The number of benzene rings is 4. The van der Waals surface area contributed by atoms with Crippen molar-refractivity contribution in [2.24, 2.45) is 0 Å². The van der Waals surface area contributed by atoms with E-state index in [-0.39, 0.29) is 11.9 Å². The number of carbonyl (C=O) groups excluding carboxylic acids is 2. The van der Waals surface area contributed by atoms with E-state index in [0.717, 1.165) is 33.0 Å². The minimum atomic E-state index is -0.378. The maximum atomic E-state index is 11.6. The lowest BCUT2D eigenvalue weighted by atomic mass is 9.99. The molecule has 0 N–H and O–H groups in total. The van der Waals surface area contributed by atoms with Crippen LogP contribution in [0.3, 0.4) is 0 Å². The molecule has 0 fully saturated rings. The predicted molar refractivity (Wildman–Crippen MR) is 131 cm³/mol. The highest BCUT2D eigenvalue weighted by Crippen LogP contribution is 2.22. The van der Waals surface area contributed by atoms with E-state index < -0.39 is 0 Å². The van der Waals surface area contributed by atoms with E-state index >= 15 is 0 Å². The Morgan fingerprint density at radius 1 is 0.559 bits per heavy atom. The normalized spacial score (nSPS) is 9.82. The fourth-order valence-electron chi connectivity index (χ4n) is 3.44. The van der Waals surface area contributed by atoms with Gasteiger partial charge in [0, 0.05) is 27.6 Å². The van der Waals surface area contributed by atoms with Gasteiger partial charge in [0.2, 0.25) is 0 Å². The van der Waals surface area contributed by atoms with Crippen LogP contribution in [0.25, 0.3) is 10.8 Å². The van der Waals surface area contributed by atoms with Crippen molar-refractivity contribution in [1.29, 1.82) is 0 Å². The van der Waals surface area contributed by atoms with Gasteiger partial charge in [0.05, 0.1) is 25.3 Å². The third kappa shape index (κ3) is 4.99. The molecule has 0 aliphatic carbocycles. The highest BCUT2D eigenvalue weighted by atomic mass is 16.5. The van der Waals surface area contributed by atoms with Crippen molar-refractivity contribution in [3.05, 3.63) is 118 Å². The van der Waals surface area contributed by atoms with E-state index in [1.54, 1.807) is 48.5 Å². The molecule has 164 valence electrons. The van der Waals surface area contributed by atoms with E-state index in [4.69, 9.17) is 9.47 Å². The fraction of sp³-hybridized carbons (Fsp3) is 0.0667. The number of ether oxygens (including phenoxy) is 2. The van der Waals surface area contributed by atoms with Crippen molar-refractivity contribution in [3.63, 3.8) is 0 Å². The van der Waals surface area contributed by atoms with Crippen LogP contribution in [0.2, 0.25) is 0 Å². The van der Waals surface area contributed by atoms with E-state index in [2.05, 4.69) is 23.7 Å². The highest BCUT2D eigenvalue weighted by Gasteiger charge is 2.06. The minimum Gasteiger partial charge on any atom is -0.465 e. The van der Waals surface area contributed by atoms with Crippen LogP contribution in [0.1, 0.15) is 43.0 Å². The quantitative estimate of drug-likeness (QED) is 0.315. The SMILES string of the molecule is COC(=O)c1ccc(C#Cc2cccc3cccc(C#Cc4ccc(C(=O)OC)cc4)c23)cc1. The summed E-state index contributed by atoms with van der Waals surface area (Å²) in [5.41, 5.74) is 4.27. The Kier molecular flexibility index (Phi) is 6.73. The molecular weight excluding hydrogens is 424 g/mol. The summed E-state index contributed by atoms with van der Waals surface area (Å²) in [5.74, 6) is 12.1. The van der Waals surface area contributed by atoms with E-state index in [1.165, 1.54) is 14.2 Å². The van der Waals surface area contributed by atoms with Crippen LogP contribution in [0.15, 0.2) is 84.9 Å². The predicted octanol–water partition coefficient (Wildman–Crippen LogP) is 5.21. The lowest BCUT2D eigenvalue weighted by Crippen LogP contribution is -2.00. The highest BCUT2D eigenvalue weighted by molar-refractivity contribution is 5.94. The van der Waals surface area contributed by atoms with Gasteiger partial charge < -0.3 is 9.47 Å². The molecule has 0 aliphatic heterocycles. The Balaban J connectivity index is 1.68. The molecule has 0 bridgehead atoms. The zero-order valence-corrected chi connectivity index (χ0v) is 18.7. The minimum absolute atomic E-state index is 0.378. The number of rotatable bonds is 2. The maximum Gasteiger partial charge on any atom is 0.337 e. The molecule has 4 rings (SSSR count). The Morgan fingerprint density at radius 3 is 1.35 bits per heavy atom. The molecule has 0 aromatic heterocycles. The molecule has 0 atom stereocenters. The summed E-state index contributed by atoms with van der Waals surface area (Å²) in [7, 11) is 2.71. The van der Waals surface area contributed by atoms with Crippen molar-refractivity contribution in [2.45, 2.75) is 0 Å². The Morgan fingerprint density at radius 2 is 0.971 bits per heavy atom. The summed E-state index contributed by atoms with van der Waals surface area (Å²) in [6.07, 6.45) is 0. The molecule has 0 radical (unpaired) electrons. The van der Waals surface area contributed by atoms with Crippen molar-refractivity contribution >= 4 is 22.7 Å². The summed E-state index contributed by atoms with van der Waals surface area (Å²) < 4.78 is 9.47. The first kappa shape index (κ1) is 22.4. The van der Waals surface area contributed by atoms with E-state index in [9.17, 15) is 9.59 Å². The van der Waals surface area contributed by atoms with Gasteiger partial charge in [-0.05, 0) is 66.0 Å². The van der Waals surface area contributed by atoms with Crippen LogP contribution >= 0.6 is 0 Å². The summed E-state index contributed by atoms with van der Waals surface area (Å²) in [5, 5.41) is 2.02. The lowest BCUT2D eigenvalue weighted by molar-refractivity contribution is 0.0592. The molecule has 0 unspecified atom stereocenters. The fourth-order valence-corrected chi connectivity index (χ4v) is 3.44. The summed E-state index contributed by atoms with van der Waals surface area (Å²) in [4.78, 5) is 23.2. The molecule has 4 nitrogen and oxygen atoms in total. The molecule has 0 heterocycles. The molecule has 34 heavy (non-hydrogen) atoms. The average Bonchev–Trinajstić information content (AvgIpc) is 2.90. The van der Waals surface area contributed by atoms with Crippen molar-refractivity contribution in [2.75, 3.05) is 14.2 Å². The van der Waals surface area contributed by atoms with Crippen LogP contribution in [0.5, 0.6) is 0 Å². The molecule has 0 amide bonds. The zero-order chi connectivity index (χ0) is 23.9. The number of methoxy groups -OCH3 is 2. The standard InChI is InChI=1S/C30H20O4/c1-33-29(31)26-17-11-21(12-18-26)9-15-24-7-3-5-23-6-4-8-25(28(23)24)16-10-22-13-19-27(20-14-22)30(32)34-2/h3-8,11-14,17-20H,1-2H3.